The number of sulfonamides is 1. The van der Waals surface area contributed by atoms with Crippen molar-refractivity contribution in [2.45, 2.75) is 11.4 Å². The number of halogens is 2. The topological polar surface area (TPSA) is 62.6 Å². The first kappa shape index (κ1) is 16.0. The van der Waals surface area contributed by atoms with Gasteiger partial charge in [-0.2, -0.15) is 0 Å². The number of rotatable bonds is 5. The van der Waals surface area contributed by atoms with Crippen molar-refractivity contribution in [3.05, 3.63) is 46.6 Å². The highest BCUT2D eigenvalue weighted by atomic mass is 79.9. The standard InChI is InChI=1S/C13H14BrFN2O3S/c1-16-8-9-7-12(13(14)20-9)21(18,19)17(2)11-6-4-3-5-10(11)15/h3-7,16H,8H2,1-2H3. The quantitative estimate of drug-likeness (QED) is 0.871. The molecule has 0 fully saturated rings. The molecule has 1 aromatic heterocycles. The molecule has 21 heavy (non-hydrogen) atoms. The molecule has 5 nitrogen and oxygen atoms in total. The van der Waals surface area contributed by atoms with Crippen LogP contribution in [0.3, 0.4) is 0 Å². The molecule has 0 aliphatic carbocycles. The van der Waals surface area contributed by atoms with Gasteiger partial charge in [-0.1, -0.05) is 12.1 Å². The van der Waals surface area contributed by atoms with Gasteiger partial charge in [-0.25, -0.2) is 12.8 Å². The lowest BCUT2D eigenvalue weighted by atomic mass is 10.3. The lowest BCUT2D eigenvalue weighted by Gasteiger charge is -2.19. The van der Waals surface area contributed by atoms with E-state index >= 15 is 0 Å². The molecule has 0 aliphatic heterocycles. The van der Waals surface area contributed by atoms with Crippen LogP contribution in [0.4, 0.5) is 10.1 Å². The van der Waals surface area contributed by atoms with E-state index < -0.39 is 15.8 Å². The zero-order valence-electron chi connectivity index (χ0n) is 11.4. The van der Waals surface area contributed by atoms with Gasteiger partial charge in [0.1, 0.15) is 16.5 Å². The fourth-order valence-corrected chi connectivity index (χ4v) is 3.98. The van der Waals surface area contributed by atoms with Crippen molar-refractivity contribution in [1.82, 2.24) is 5.32 Å². The average molecular weight is 377 g/mol. The van der Waals surface area contributed by atoms with Crippen molar-refractivity contribution >= 4 is 31.6 Å². The maximum absolute atomic E-state index is 13.8. The second kappa shape index (κ2) is 6.17. The van der Waals surface area contributed by atoms with E-state index in [1.807, 2.05) is 0 Å². The van der Waals surface area contributed by atoms with Gasteiger partial charge in [0.25, 0.3) is 10.0 Å². The Hall–Kier alpha value is -1.38. The fourth-order valence-electron chi connectivity index (χ4n) is 1.82. The summed E-state index contributed by atoms with van der Waals surface area (Å²) in [6, 6.07) is 7.08. The van der Waals surface area contributed by atoms with Crippen LogP contribution in [0.25, 0.3) is 0 Å². The third kappa shape index (κ3) is 3.12. The third-order valence-electron chi connectivity index (χ3n) is 2.89. The fraction of sp³-hybridized carbons (Fsp3) is 0.231. The Balaban J connectivity index is 2.45. The first-order valence-corrected chi connectivity index (χ1v) is 8.27. The van der Waals surface area contributed by atoms with Crippen LogP contribution in [-0.2, 0) is 16.6 Å². The first-order chi connectivity index (χ1) is 9.87. The van der Waals surface area contributed by atoms with Gasteiger partial charge in [-0.3, -0.25) is 4.31 Å². The third-order valence-corrected chi connectivity index (χ3v) is 5.52. The van der Waals surface area contributed by atoms with Gasteiger partial charge in [-0.15, -0.1) is 0 Å². The van der Waals surface area contributed by atoms with E-state index in [0.717, 1.165) is 4.31 Å². The molecule has 0 aliphatic rings. The second-order valence-corrected chi connectivity index (χ2v) is 6.96. The highest BCUT2D eigenvalue weighted by molar-refractivity contribution is 9.10. The SMILES string of the molecule is CNCc1cc(S(=O)(=O)N(C)c2ccccc2F)c(Br)o1. The summed E-state index contributed by atoms with van der Waals surface area (Å²) in [7, 11) is -0.903. The molecule has 1 N–H and O–H groups in total. The molecule has 2 aromatic rings. The van der Waals surface area contributed by atoms with Gasteiger partial charge >= 0.3 is 0 Å². The first-order valence-electron chi connectivity index (χ1n) is 6.04. The predicted molar refractivity (Wildman–Crippen MR) is 81.2 cm³/mol. The van der Waals surface area contributed by atoms with Crippen LogP contribution in [0.2, 0.25) is 0 Å². The normalized spacial score (nSPS) is 11.6. The Morgan fingerprint density at radius 3 is 2.67 bits per heavy atom. The van der Waals surface area contributed by atoms with Crippen LogP contribution in [0, 0.1) is 5.82 Å². The van der Waals surface area contributed by atoms with Crippen molar-refractivity contribution < 1.29 is 17.2 Å². The van der Waals surface area contributed by atoms with Gasteiger partial charge in [0.15, 0.2) is 4.67 Å². The average Bonchev–Trinajstić information content (AvgIpc) is 2.80. The minimum absolute atomic E-state index is 0.0271. The molecule has 1 heterocycles. The summed E-state index contributed by atoms with van der Waals surface area (Å²) in [4.78, 5) is -0.0431. The minimum atomic E-state index is -3.92. The van der Waals surface area contributed by atoms with Gasteiger partial charge < -0.3 is 9.73 Å². The number of anilines is 1. The van der Waals surface area contributed by atoms with Crippen LogP contribution in [0.15, 0.2) is 44.3 Å². The lowest BCUT2D eigenvalue weighted by molar-refractivity contribution is 0.470. The van der Waals surface area contributed by atoms with Crippen LogP contribution >= 0.6 is 15.9 Å². The van der Waals surface area contributed by atoms with Crippen molar-refractivity contribution in [2.75, 3.05) is 18.4 Å². The molecule has 0 saturated carbocycles. The number of furan rings is 1. The van der Waals surface area contributed by atoms with Crippen LogP contribution in [-0.4, -0.2) is 22.5 Å². The lowest BCUT2D eigenvalue weighted by Crippen LogP contribution is -2.27. The molecule has 0 bridgehead atoms. The summed E-state index contributed by atoms with van der Waals surface area (Å²) in [6.07, 6.45) is 0. The molecule has 0 unspecified atom stereocenters. The highest BCUT2D eigenvalue weighted by Crippen LogP contribution is 2.31. The molecule has 0 spiro atoms. The van der Waals surface area contributed by atoms with E-state index in [1.165, 1.54) is 31.3 Å². The second-order valence-electron chi connectivity index (χ2n) is 4.30. The smallest absolute Gasteiger partial charge is 0.268 e. The number of nitrogens with one attached hydrogen (secondary N) is 1. The maximum Gasteiger partial charge on any atom is 0.268 e. The zero-order chi connectivity index (χ0) is 15.6. The molecular formula is C13H14BrFN2O3S. The maximum atomic E-state index is 13.8. The summed E-state index contributed by atoms with van der Waals surface area (Å²) in [5, 5.41) is 2.86. The number of nitrogens with zero attached hydrogens (tertiary/aromatic N) is 1. The number of hydrogen-bond acceptors (Lipinski definition) is 4. The Bertz CT molecular complexity index is 746. The summed E-state index contributed by atoms with van der Waals surface area (Å²) < 4.78 is 45.2. The van der Waals surface area contributed by atoms with E-state index in [2.05, 4.69) is 21.2 Å². The molecule has 1 aromatic carbocycles. The summed E-state index contributed by atoms with van der Waals surface area (Å²) in [6.45, 7) is 0.386. The Labute approximate surface area is 130 Å². The van der Waals surface area contributed by atoms with Crippen molar-refractivity contribution in [3.63, 3.8) is 0 Å². The van der Waals surface area contributed by atoms with E-state index in [1.54, 1.807) is 13.1 Å². The molecule has 0 radical (unpaired) electrons. The van der Waals surface area contributed by atoms with Crippen molar-refractivity contribution in [2.24, 2.45) is 0 Å². The van der Waals surface area contributed by atoms with Gasteiger partial charge in [0, 0.05) is 13.1 Å². The molecule has 0 atom stereocenters. The van der Waals surface area contributed by atoms with Gasteiger partial charge in [0.2, 0.25) is 0 Å². The van der Waals surface area contributed by atoms with E-state index in [-0.39, 0.29) is 15.3 Å². The van der Waals surface area contributed by atoms with Crippen molar-refractivity contribution in [1.29, 1.82) is 0 Å². The number of para-hydroxylation sites is 1. The monoisotopic (exact) mass is 376 g/mol. The van der Waals surface area contributed by atoms with E-state index in [0.29, 0.717) is 12.3 Å². The number of hydrogen-bond donors (Lipinski definition) is 1. The number of benzene rings is 1. The molecule has 2 rings (SSSR count). The van der Waals surface area contributed by atoms with Crippen molar-refractivity contribution in [3.8, 4) is 0 Å². The van der Waals surface area contributed by atoms with Crippen LogP contribution < -0.4 is 9.62 Å². The Morgan fingerprint density at radius 2 is 2.05 bits per heavy atom. The molecule has 8 heteroatoms. The molecule has 114 valence electrons. The van der Waals surface area contributed by atoms with Gasteiger partial charge in [0.05, 0.1) is 12.2 Å². The van der Waals surface area contributed by atoms with E-state index in [4.69, 9.17) is 4.42 Å². The summed E-state index contributed by atoms with van der Waals surface area (Å²) in [5.41, 5.74) is -0.0271. The highest BCUT2D eigenvalue weighted by Gasteiger charge is 2.28. The van der Waals surface area contributed by atoms with E-state index in [9.17, 15) is 12.8 Å². The van der Waals surface area contributed by atoms with Gasteiger partial charge in [-0.05, 0) is 35.1 Å². The molecule has 0 amide bonds. The minimum Gasteiger partial charge on any atom is -0.451 e. The molecule has 0 saturated heterocycles. The van der Waals surface area contributed by atoms with Crippen LogP contribution in [0.5, 0.6) is 0 Å². The Kier molecular flexibility index (Phi) is 4.70. The largest absolute Gasteiger partial charge is 0.451 e. The molecular weight excluding hydrogens is 363 g/mol. The Morgan fingerprint density at radius 1 is 1.38 bits per heavy atom. The zero-order valence-corrected chi connectivity index (χ0v) is 13.8. The summed E-state index contributed by atoms with van der Waals surface area (Å²) >= 11 is 3.09. The summed E-state index contributed by atoms with van der Waals surface area (Å²) in [5.74, 6) is -0.150. The predicted octanol–water partition coefficient (Wildman–Crippen LogP) is 2.73. The van der Waals surface area contributed by atoms with Crippen LogP contribution in [0.1, 0.15) is 5.76 Å².